The number of piperidine rings is 1. The summed E-state index contributed by atoms with van der Waals surface area (Å²) >= 11 is 0. The summed E-state index contributed by atoms with van der Waals surface area (Å²) in [4.78, 5) is 14.8. The van der Waals surface area contributed by atoms with Crippen molar-refractivity contribution in [1.82, 2.24) is 10.2 Å². The SMILES string of the molecule is CC(C)(C)N1CCC(NC(=O)C2(N)CCCC2)CC1. The fraction of sp³-hybridized carbons (Fsp3) is 0.933. The molecule has 1 aliphatic carbocycles. The van der Waals surface area contributed by atoms with Gasteiger partial charge in [-0.25, -0.2) is 0 Å². The monoisotopic (exact) mass is 267 g/mol. The number of rotatable bonds is 2. The number of nitrogens with zero attached hydrogens (tertiary/aromatic N) is 1. The molecule has 1 saturated heterocycles. The number of nitrogens with two attached hydrogens (primary N) is 1. The van der Waals surface area contributed by atoms with Gasteiger partial charge in [0, 0.05) is 24.7 Å². The molecule has 4 nitrogen and oxygen atoms in total. The Hall–Kier alpha value is -0.610. The summed E-state index contributed by atoms with van der Waals surface area (Å²) < 4.78 is 0. The molecule has 0 spiro atoms. The first-order valence-corrected chi connectivity index (χ1v) is 7.66. The van der Waals surface area contributed by atoms with Gasteiger partial charge in [0.15, 0.2) is 0 Å². The lowest BCUT2D eigenvalue weighted by Crippen LogP contribution is -2.57. The molecular weight excluding hydrogens is 238 g/mol. The Morgan fingerprint density at radius 1 is 1.21 bits per heavy atom. The lowest BCUT2D eigenvalue weighted by molar-refractivity contribution is -0.127. The molecule has 0 unspecified atom stereocenters. The van der Waals surface area contributed by atoms with E-state index < -0.39 is 5.54 Å². The van der Waals surface area contributed by atoms with Crippen LogP contribution in [0.5, 0.6) is 0 Å². The maximum atomic E-state index is 12.3. The van der Waals surface area contributed by atoms with Crippen LogP contribution >= 0.6 is 0 Å². The van der Waals surface area contributed by atoms with Crippen LogP contribution in [0.25, 0.3) is 0 Å². The van der Waals surface area contributed by atoms with Gasteiger partial charge in [-0.3, -0.25) is 9.69 Å². The molecule has 0 bridgehead atoms. The number of hydrogen-bond donors (Lipinski definition) is 2. The van der Waals surface area contributed by atoms with Crippen molar-refractivity contribution in [2.45, 2.75) is 76.4 Å². The van der Waals surface area contributed by atoms with Gasteiger partial charge >= 0.3 is 0 Å². The van der Waals surface area contributed by atoms with Crippen LogP contribution in [0.3, 0.4) is 0 Å². The van der Waals surface area contributed by atoms with Crippen LogP contribution in [0.1, 0.15) is 59.3 Å². The highest BCUT2D eigenvalue weighted by atomic mass is 16.2. The largest absolute Gasteiger partial charge is 0.352 e. The average molecular weight is 267 g/mol. The molecule has 110 valence electrons. The second kappa shape index (κ2) is 5.41. The van der Waals surface area contributed by atoms with Crippen LogP contribution in [0, 0.1) is 0 Å². The topological polar surface area (TPSA) is 58.4 Å². The highest BCUT2D eigenvalue weighted by Crippen LogP contribution is 2.28. The molecule has 19 heavy (non-hydrogen) atoms. The van der Waals surface area contributed by atoms with Gasteiger partial charge in [-0.05, 0) is 46.5 Å². The second-order valence-corrected chi connectivity index (χ2v) is 7.27. The minimum Gasteiger partial charge on any atom is -0.352 e. The van der Waals surface area contributed by atoms with Gasteiger partial charge in [-0.1, -0.05) is 12.8 Å². The lowest BCUT2D eigenvalue weighted by Gasteiger charge is -2.41. The van der Waals surface area contributed by atoms with E-state index in [-0.39, 0.29) is 11.4 Å². The van der Waals surface area contributed by atoms with Gasteiger partial charge < -0.3 is 11.1 Å². The summed E-state index contributed by atoms with van der Waals surface area (Å²) in [6.07, 6.45) is 5.95. The molecule has 1 aliphatic heterocycles. The third-order valence-corrected chi connectivity index (χ3v) is 4.73. The minimum absolute atomic E-state index is 0.0826. The van der Waals surface area contributed by atoms with Gasteiger partial charge in [0.1, 0.15) is 0 Å². The number of carbonyl (C=O) groups excluding carboxylic acids is 1. The van der Waals surface area contributed by atoms with Crippen LogP contribution in [0.4, 0.5) is 0 Å². The molecule has 0 radical (unpaired) electrons. The first kappa shape index (κ1) is 14.8. The van der Waals surface area contributed by atoms with Crippen molar-refractivity contribution in [1.29, 1.82) is 0 Å². The molecule has 0 aromatic heterocycles. The van der Waals surface area contributed by atoms with Crippen LogP contribution in [0.15, 0.2) is 0 Å². The van der Waals surface area contributed by atoms with E-state index in [2.05, 4.69) is 31.0 Å². The standard InChI is InChI=1S/C15H29N3O/c1-14(2,3)18-10-6-12(7-11-18)17-13(19)15(16)8-4-5-9-15/h12H,4-11,16H2,1-3H3,(H,17,19). The van der Waals surface area contributed by atoms with Gasteiger partial charge in [-0.2, -0.15) is 0 Å². The fourth-order valence-corrected chi connectivity index (χ4v) is 3.26. The average Bonchev–Trinajstić information content (AvgIpc) is 2.77. The van der Waals surface area contributed by atoms with Crippen molar-refractivity contribution in [2.24, 2.45) is 5.73 Å². The lowest BCUT2D eigenvalue weighted by atomic mass is 9.94. The smallest absolute Gasteiger partial charge is 0.240 e. The third-order valence-electron chi connectivity index (χ3n) is 4.73. The molecule has 0 aromatic carbocycles. The van der Waals surface area contributed by atoms with E-state index >= 15 is 0 Å². The molecule has 4 heteroatoms. The van der Waals surface area contributed by atoms with E-state index in [1.165, 1.54) is 0 Å². The Labute approximate surface area is 117 Å². The van der Waals surface area contributed by atoms with Crippen LogP contribution < -0.4 is 11.1 Å². The number of amides is 1. The van der Waals surface area contributed by atoms with Gasteiger partial charge in [0.2, 0.25) is 5.91 Å². The number of likely N-dealkylation sites (tertiary alicyclic amines) is 1. The van der Waals surface area contributed by atoms with Crippen molar-refractivity contribution < 1.29 is 4.79 Å². The highest BCUT2D eigenvalue weighted by molar-refractivity contribution is 5.86. The molecule has 1 heterocycles. The Morgan fingerprint density at radius 2 is 1.74 bits per heavy atom. The summed E-state index contributed by atoms with van der Waals surface area (Å²) in [6, 6.07) is 0.312. The summed E-state index contributed by atoms with van der Waals surface area (Å²) in [5.41, 5.74) is 5.84. The zero-order valence-electron chi connectivity index (χ0n) is 12.7. The van der Waals surface area contributed by atoms with Crippen molar-refractivity contribution in [3.8, 4) is 0 Å². The maximum Gasteiger partial charge on any atom is 0.240 e. The Bertz CT molecular complexity index is 321. The van der Waals surface area contributed by atoms with E-state index in [1.54, 1.807) is 0 Å². The van der Waals surface area contributed by atoms with Crippen molar-refractivity contribution in [3.63, 3.8) is 0 Å². The van der Waals surface area contributed by atoms with Crippen molar-refractivity contribution in [3.05, 3.63) is 0 Å². The summed E-state index contributed by atoms with van der Waals surface area (Å²) in [7, 11) is 0. The van der Waals surface area contributed by atoms with E-state index in [0.717, 1.165) is 51.6 Å². The van der Waals surface area contributed by atoms with Gasteiger partial charge in [-0.15, -0.1) is 0 Å². The predicted molar refractivity (Wildman–Crippen MR) is 77.9 cm³/mol. The molecule has 1 amide bonds. The summed E-state index contributed by atoms with van der Waals surface area (Å²) in [5, 5.41) is 3.18. The molecule has 0 atom stereocenters. The number of nitrogens with one attached hydrogen (secondary N) is 1. The van der Waals surface area contributed by atoms with Crippen molar-refractivity contribution >= 4 is 5.91 Å². The second-order valence-electron chi connectivity index (χ2n) is 7.27. The van der Waals surface area contributed by atoms with E-state index in [0.29, 0.717) is 6.04 Å². The zero-order valence-corrected chi connectivity index (χ0v) is 12.7. The fourth-order valence-electron chi connectivity index (χ4n) is 3.26. The Kier molecular flexibility index (Phi) is 4.21. The summed E-state index contributed by atoms with van der Waals surface area (Å²) in [6.45, 7) is 8.87. The Balaban J connectivity index is 1.81. The third kappa shape index (κ3) is 3.48. The Morgan fingerprint density at radius 3 is 2.21 bits per heavy atom. The van der Waals surface area contributed by atoms with E-state index in [4.69, 9.17) is 5.73 Å². The minimum atomic E-state index is -0.582. The molecular formula is C15H29N3O. The normalized spacial score (nSPS) is 25.5. The predicted octanol–water partition coefficient (Wildman–Crippen LogP) is 1.64. The van der Waals surface area contributed by atoms with Crippen LogP contribution in [-0.4, -0.2) is 41.0 Å². The zero-order chi connectivity index (χ0) is 14.1. The quantitative estimate of drug-likeness (QED) is 0.799. The highest BCUT2D eigenvalue weighted by Gasteiger charge is 2.38. The van der Waals surface area contributed by atoms with Crippen molar-refractivity contribution in [2.75, 3.05) is 13.1 Å². The molecule has 2 rings (SSSR count). The molecule has 2 fully saturated rings. The number of carbonyl (C=O) groups is 1. The maximum absolute atomic E-state index is 12.3. The molecule has 2 aliphatic rings. The first-order chi connectivity index (χ1) is 8.81. The molecule has 0 aromatic rings. The van der Waals surface area contributed by atoms with Gasteiger partial charge in [0.25, 0.3) is 0 Å². The van der Waals surface area contributed by atoms with Crippen LogP contribution in [-0.2, 0) is 4.79 Å². The van der Waals surface area contributed by atoms with Crippen LogP contribution in [0.2, 0.25) is 0 Å². The molecule has 3 N–H and O–H groups in total. The summed E-state index contributed by atoms with van der Waals surface area (Å²) in [5.74, 6) is 0.0826. The van der Waals surface area contributed by atoms with Gasteiger partial charge in [0.05, 0.1) is 5.54 Å². The van der Waals surface area contributed by atoms with E-state index in [1.807, 2.05) is 0 Å². The first-order valence-electron chi connectivity index (χ1n) is 7.66. The molecule has 1 saturated carbocycles. The van der Waals surface area contributed by atoms with E-state index in [9.17, 15) is 4.79 Å². The number of hydrogen-bond acceptors (Lipinski definition) is 3.